The highest BCUT2D eigenvalue weighted by Crippen LogP contribution is 2.56. The predicted octanol–water partition coefficient (Wildman–Crippen LogP) is 12.6. The SMILES string of the molecule is C/C=C\C=C/CN(c1ccccc1)C1(CC)Cc2cc3c(cc21)C(C)(C)c1cc(C(C)(CCC)N(c2ccccc2)c2ccccc2)ccc1-3. The van der Waals surface area contributed by atoms with E-state index in [0.717, 1.165) is 32.2 Å². The Morgan fingerprint density at radius 2 is 1.28 bits per heavy atom. The summed E-state index contributed by atoms with van der Waals surface area (Å²) in [7, 11) is 0. The molecule has 2 atom stereocenters. The summed E-state index contributed by atoms with van der Waals surface area (Å²) in [6.45, 7) is 15.0. The van der Waals surface area contributed by atoms with Crippen molar-refractivity contribution in [3.63, 3.8) is 0 Å². The highest BCUT2D eigenvalue weighted by molar-refractivity contribution is 5.84. The lowest BCUT2D eigenvalue weighted by molar-refractivity contribution is 0.341. The molecule has 0 aromatic heterocycles. The number of anilines is 3. The zero-order valence-corrected chi connectivity index (χ0v) is 30.8. The third-order valence-electron chi connectivity index (χ3n) is 11.7. The third-order valence-corrected chi connectivity index (χ3v) is 11.7. The topological polar surface area (TPSA) is 6.48 Å². The lowest BCUT2D eigenvalue weighted by Gasteiger charge is -2.53. The molecule has 0 saturated carbocycles. The molecular weight excluding hydrogens is 605 g/mol. The van der Waals surface area contributed by atoms with Gasteiger partial charge < -0.3 is 9.80 Å². The summed E-state index contributed by atoms with van der Waals surface area (Å²) in [6.07, 6.45) is 13.0. The van der Waals surface area contributed by atoms with E-state index in [1.165, 1.54) is 56.0 Å². The van der Waals surface area contributed by atoms with E-state index >= 15 is 0 Å². The van der Waals surface area contributed by atoms with Gasteiger partial charge in [-0.2, -0.15) is 0 Å². The molecule has 0 heterocycles. The summed E-state index contributed by atoms with van der Waals surface area (Å²) in [5.41, 5.74) is 13.4. The molecule has 0 fully saturated rings. The van der Waals surface area contributed by atoms with Gasteiger partial charge in [0.1, 0.15) is 0 Å². The van der Waals surface area contributed by atoms with E-state index in [1.807, 2.05) is 0 Å². The molecule has 0 amide bonds. The van der Waals surface area contributed by atoms with Gasteiger partial charge in [-0.1, -0.05) is 143 Å². The Balaban J connectivity index is 1.32. The number of allylic oxidation sites excluding steroid dienone is 3. The van der Waals surface area contributed by atoms with Crippen molar-refractivity contribution in [3.05, 3.63) is 173 Å². The zero-order chi connectivity index (χ0) is 34.9. The maximum atomic E-state index is 2.65. The Labute approximate surface area is 300 Å². The number of hydrogen-bond donors (Lipinski definition) is 0. The van der Waals surface area contributed by atoms with Gasteiger partial charge in [-0.25, -0.2) is 0 Å². The van der Waals surface area contributed by atoms with Crippen LogP contribution >= 0.6 is 0 Å². The fraction of sp³-hybridized carbons (Fsp3) is 0.292. The van der Waals surface area contributed by atoms with Crippen LogP contribution in [0, 0.1) is 0 Å². The van der Waals surface area contributed by atoms with Gasteiger partial charge in [-0.15, -0.1) is 0 Å². The fourth-order valence-corrected chi connectivity index (χ4v) is 9.03. The predicted molar refractivity (Wildman–Crippen MR) is 215 cm³/mol. The third kappa shape index (κ3) is 5.50. The molecule has 0 saturated heterocycles. The smallest absolute Gasteiger partial charge is 0.0697 e. The van der Waals surface area contributed by atoms with E-state index in [-0.39, 0.29) is 16.5 Å². The summed E-state index contributed by atoms with van der Waals surface area (Å²) in [5, 5.41) is 0. The van der Waals surface area contributed by atoms with E-state index in [2.05, 4.69) is 197 Å². The maximum Gasteiger partial charge on any atom is 0.0697 e. The van der Waals surface area contributed by atoms with Crippen molar-refractivity contribution in [2.45, 2.75) is 83.7 Å². The minimum Gasteiger partial charge on any atom is -0.358 e. The summed E-state index contributed by atoms with van der Waals surface area (Å²) >= 11 is 0. The fourth-order valence-electron chi connectivity index (χ4n) is 9.03. The number of hydrogen-bond acceptors (Lipinski definition) is 2. The van der Waals surface area contributed by atoms with Crippen LogP contribution in [0.2, 0.25) is 0 Å². The maximum absolute atomic E-state index is 2.65. The van der Waals surface area contributed by atoms with Gasteiger partial charge in [0.15, 0.2) is 0 Å². The number of benzene rings is 5. The van der Waals surface area contributed by atoms with Gasteiger partial charge >= 0.3 is 0 Å². The molecule has 2 aliphatic rings. The molecule has 0 aliphatic heterocycles. The van der Waals surface area contributed by atoms with Crippen molar-refractivity contribution in [2.24, 2.45) is 0 Å². The van der Waals surface area contributed by atoms with Gasteiger partial charge in [0.25, 0.3) is 0 Å². The molecule has 0 radical (unpaired) electrons. The molecule has 0 N–H and O–H groups in total. The molecule has 50 heavy (non-hydrogen) atoms. The van der Waals surface area contributed by atoms with Crippen LogP contribution in [0.5, 0.6) is 0 Å². The molecule has 0 bridgehead atoms. The second-order valence-corrected chi connectivity index (χ2v) is 14.9. The van der Waals surface area contributed by atoms with E-state index in [9.17, 15) is 0 Å². The molecule has 254 valence electrons. The van der Waals surface area contributed by atoms with Crippen molar-refractivity contribution in [3.8, 4) is 11.1 Å². The molecule has 7 rings (SSSR count). The Kier molecular flexibility index (Phi) is 9.07. The molecule has 0 spiro atoms. The van der Waals surface area contributed by atoms with Crippen LogP contribution in [0.1, 0.15) is 88.6 Å². The van der Waals surface area contributed by atoms with Crippen molar-refractivity contribution in [1.82, 2.24) is 0 Å². The summed E-state index contributed by atoms with van der Waals surface area (Å²) in [6, 6.07) is 45.4. The first-order valence-electron chi connectivity index (χ1n) is 18.6. The minimum absolute atomic E-state index is 0.0342. The highest BCUT2D eigenvalue weighted by Gasteiger charge is 2.49. The van der Waals surface area contributed by atoms with E-state index in [0.29, 0.717) is 0 Å². The van der Waals surface area contributed by atoms with Crippen molar-refractivity contribution < 1.29 is 0 Å². The summed E-state index contributed by atoms with van der Waals surface area (Å²) in [5.74, 6) is 0. The Morgan fingerprint density at radius 3 is 1.86 bits per heavy atom. The summed E-state index contributed by atoms with van der Waals surface area (Å²) < 4.78 is 0. The first-order valence-corrected chi connectivity index (χ1v) is 18.6. The minimum atomic E-state index is -0.240. The van der Waals surface area contributed by atoms with E-state index in [1.54, 1.807) is 0 Å². The van der Waals surface area contributed by atoms with Crippen LogP contribution in [-0.2, 0) is 22.9 Å². The number of para-hydroxylation sites is 3. The van der Waals surface area contributed by atoms with Crippen LogP contribution < -0.4 is 9.80 Å². The Morgan fingerprint density at radius 1 is 0.680 bits per heavy atom. The van der Waals surface area contributed by atoms with E-state index in [4.69, 9.17) is 0 Å². The average Bonchev–Trinajstić information content (AvgIpc) is 3.35. The van der Waals surface area contributed by atoms with Crippen LogP contribution in [0.15, 0.2) is 146 Å². The number of fused-ring (bicyclic) bond motifs is 4. The number of nitrogens with zero attached hydrogens (tertiary/aromatic N) is 2. The van der Waals surface area contributed by atoms with Crippen molar-refractivity contribution in [1.29, 1.82) is 0 Å². The van der Waals surface area contributed by atoms with Crippen LogP contribution in [0.3, 0.4) is 0 Å². The van der Waals surface area contributed by atoms with Gasteiger partial charge in [-0.3, -0.25) is 0 Å². The molecule has 5 aromatic rings. The highest BCUT2D eigenvalue weighted by atomic mass is 15.2. The van der Waals surface area contributed by atoms with Gasteiger partial charge in [0.2, 0.25) is 0 Å². The van der Waals surface area contributed by atoms with Gasteiger partial charge in [-0.05, 0) is 102 Å². The molecule has 5 aromatic carbocycles. The van der Waals surface area contributed by atoms with Crippen LogP contribution in [0.25, 0.3) is 11.1 Å². The number of rotatable bonds is 12. The zero-order valence-electron chi connectivity index (χ0n) is 30.8. The van der Waals surface area contributed by atoms with Gasteiger partial charge in [0, 0.05) is 35.4 Å². The normalized spacial score (nSPS) is 18.3. The summed E-state index contributed by atoms with van der Waals surface area (Å²) in [4.78, 5) is 5.21. The molecule has 2 unspecified atom stereocenters. The van der Waals surface area contributed by atoms with Crippen LogP contribution in [-0.4, -0.2) is 6.54 Å². The largest absolute Gasteiger partial charge is 0.358 e. The monoisotopic (exact) mass is 656 g/mol. The second kappa shape index (κ2) is 13.5. The second-order valence-electron chi connectivity index (χ2n) is 14.9. The lowest BCUT2D eigenvalue weighted by atomic mass is 9.65. The molecule has 2 aliphatic carbocycles. The van der Waals surface area contributed by atoms with Gasteiger partial charge in [0.05, 0.1) is 11.1 Å². The lowest BCUT2D eigenvalue weighted by Crippen LogP contribution is -2.54. The standard InChI is InChI=1S/C48H52N2/c1-7-10-11-21-31-49(38-22-15-12-16-23-38)48(9-3)35-36-32-42-41-29-28-37(33-44(41)46(4,5)45(42)34-43(36)48)47(6,30-8-2)50(39-24-17-13-18-25-39)40-26-19-14-20-27-40/h7,10-29,32-34H,8-9,30-31,35H2,1-6H3/b10-7-,21-11-. The molecule has 2 nitrogen and oxygen atoms in total. The Hall–Kier alpha value is -4.82. The molecular formula is C48H52N2. The quantitative estimate of drug-likeness (QED) is 0.123. The first-order chi connectivity index (χ1) is 24.3. The first kappa shape index (κ1) is 33.7. The van der Waals surface area contributed by atoms with E-state index < -0.39 is 0 Å². The average molecular weight is 657 g/mol. The van der Waals surface area contributed by atoms with Crippen molar-refractivity contribution >= 4 is 17.1 Å². The Bertz CT molecular complexity index is 1970. The van der Waals surface area contributed by atoms with Crippen LogP contribution in [0.4, 0.5) is 17.1 Å². The van der Waals surface area contributed by atoms with Crippen molar-refractivity contribution in [2.75, 3.05) is 16.3 Å². The molecule has 2 heteroatoms.